The molecule has 4 nitrogen and oxygen atoms in total. The van der Waals surface area contributed by atoms with E-state index in [1.54, 1.807) is 0 Å². The summed E-state index contributed by atoms with van der Waals surface area (Å²) in [5.41, 5.74) is 2.19. The number of hydrogen-bond acceptors (Lipinski definition) is 4. The summed E-state index contributed by atoms with van der Waals surface area (Å²) in [6, 6.07) is 8.46. The van der Waals surface area contributed by atoms with E-state index >= 15 is 0 Å². The van der Waals surface area contributed by atoms with Gasteiger partial charge in [0.05, 0.1) is 0 Å². The molecule has 1 N–H and O–H groups in total. The van der Waals surface area contributed by atoms with Gasteiger partial charge in [-0.15, -0.1) is 0 Å². The highest BCUT2D eigenvalue weighted by Crippen LogP contribution is 2.20. The van der Waals surface area contributed by atoms with Gasteiger partial charge < -0.3 is 9.84 Å². The Morgan fingerprint density at radius 1 is 1.25 bits per heavy atom. The zero-order valence-electron chi connectivity index (χ0n) is 12.7. The third-order valence-corrected chi connectivity index (χ3v) is 3.44. The van der Waals surface area contributed by atoms with E-state index in [0.717, 1.165) is 24.0 Å². The van der Waals surface area contributed by atoms with Crippen LogP contribution in [0.15, 0.2) is 28.8 Å². The topological polar surface area (TPSA) is 51.0 Å². The van der Waals surface area contributed by atoms with Crippen LogP contribution in [0.3, 0.4) is 0 Å². The monoisotopic (exact) mass is 273 g/mol. The number of aryl methyl sites for hydroxylation is 1. The molecule has 0 spiro atoms. The lowest BCUT2D eigenvalue weighted by Gasteiger charge is -2.15. The van der Waals surface area contributed by atoms with Crippen molar-refractivity contribution >= 4 is 0 Å². The predicted molar refractivity (Wildman–Crippen MR) is 80.5 cm³/mol. The van der Waals surface area contributed by atoms with E-state index in [9.17, 15) is 0 Å². The van der Waals surface area contributed by atoms with Crippen LogP contribution in [0.5, 0.6) is 0 Å². The Hall–Kier alpha value is -1.68. The SMILES string of the molecule is CNC(Cc1nc(-c2ccccc2C)no1)CC(C)C. The molecule has 0 amide bonds. The second kappa shape index (κ2) is 6.66. The summed E-state index contributed by atoms with van der Waals surface area (Å²) in [4.78, 5) is 4.52. The van der Waals surface area contributed by atoms with Crippen LogP contribution in [0.1, 0.15) is 31.7 Å². The van der Waals surface area contributed by atoms with Crippen LogP contribution in [-0.2, 0) is 6.42 Å². The number of nitrogens with one attached hydrogen (secondary N) is 1. The van der Waals surface area contributed by atoms with E-state index in [2.05, 4.69) is 42.3 Å². The second-order valence-electron chi connectivity index (χ2n) is 5.65. The molecule has 2 rings (SSSR count). The minimum atomic E-state index is 0.375. The third kappa shape index (κ3) is 3.67. The van der Waals surface area contributed by atoms with E-state index in [-0.39, 0.29) is 0 Å². The molecule has 0 bridgehead atoms. The number of nitrogens with zero attached hydrogens (tertiary/aromatic N) is 2. The molecule has 1 heterocycles. The minimum Gasteiger partial charge on any atom is -0.339 e. The molecule has 0 radical (unpaired) electrons. The summed E-state index contributed by atoms with van der Waals surface area (Å²) in [5, 5.41) is 7.41. The molecule has 0 aliphatic rings. The van der Waals surface area contributed by atoms with Crippen molar-refractivity contribution in [2.24, 2.45) is 5.92 Å². The van der Waals surface area contributed by atoms with Crippen molar-refractivity contribution in [2.75, 3.05) is 7.05 Å². The van der Waals surface area contributed by atoms with Gasteiger partial charge in [-0.25, -0.2) is 0 Å². The standard InChI is InChI=1S/C16H23N3O/c1-11(2)9-13(17-4)10-15-18-16(19-20-15)14-8-6-5-7-12(14)3/h5-8,11,13,17H,9-10H2,1-4H3. The molecule has 2 aromatic rings. The highest BCUT2D eigenvalue weighted by Gasteiger charge is 2.15. The van der Waals surface area contributed by atoms with E-state index in [1.165, 1.54) is 0 Å². The fourth-order valence-corrected chi connectivity index (χ4v) is 2.35. The lowest BCUT2D eigenvalue weighted by Crippen LogP contribution is -2.29. The summed E-state index contributed by atoms with van der Waals surface area (Å²) < 4.78 is 5.39. The molecule has 0 saturated carbocycles. The molecule has 0 aliphatic carbocycles. The van der Waals surface area contributed by atoms with Crippen LogP contribution in [0.4, 0.5) is 0 Å². The predicted octanol–water partition coefficient (Wildman–Crippen LogP) is 3.22. The Labute approximate surface area is 120 Å². The first-order chi connectivity index (χ1) is 9.60. The zero-order chi connectivity index (χ0) is 14.5. The van der Waals surface area contributed by atoms with Crippen molar-refractivity contribution in [3.8, 4) is 11.4 Å². The molecule has 20 heavy (non-hydrogen) atoms. The fraction of sp³-hybridized carbons (Fsp3) is 0.500. The molecule has 0 saturated heterocycles. The summed E-state index contributed by atoms with van der Waals surface area (Å²) in [6.07, 6.45) is 1.87. The highest BCUT2D eigenvalue weighted by molar-refractivity contribution is 5.58. The van der Waals surface area contributed by atoms with Gasteiger partial charge in [0.2, 0.25) is 11.7 Å². The van der Waals surface area contributed by atoms with Crippen molar-refractivity contribution in [3.63, 3.8) is 0 Å². The Morgan fingerprint density at radius 3 is 2.65 bits per heavy atom. The first kappa shape index (κ1) is 14.7. The normalized spacial score (nSPS) is 12.8. The molecule has 0 fully saturated rings. The Balaban J connectivity index is 2.11. The van der Waals surface area contributed by atoms with E-state index in [0.29, 0.717) is 23.7 Å². The first-order valence-electron chi connectivity index (χ1n) is 7.16. The number of hydrogen-bond donors (Lipinski definition) is 1. The largest absolute Gasteiger partial charge is 0.339 e. The Morgan fingerprint density at radius 2 is 2.00 bits per heavy atom. The lowest BCUT2D eigenvalue weighted by molar-refractivity contribution is 0.345. The van der Waals surface area contributed by atoms with Crippen LogP contribution in [0.2, 0.25) is 0 Å². The van der Waals surface area contributed by atoms with Crippen LogP contribution < -0.4 is 5.32 Å². The molecular weight excluding hydrogens is 250 g/mol. The first-order valence-corrected chi connectivity index (χ1v) is 7.16. The molecule has 1 atom stereocenters. The van der Waals surface area contributed by atoms with Gasteiger partial charge in [-0.1, -0.05) is 43.3 Å². The molecule has 108 valence electrons. The molecule has 4 heteroatoms. The van der Waals surface area contributed by atoms with E-state index in [4.69, 9.17) is 4.52 Å². The summed E-state index contributed by atoms with van der Waals surface area (Å²) in [6.45, 7) is 6.49. The number of aromatic nitrogens is 2. The smallest absolute Gasteiger partial charge is 0.228 e. The van der Waals surface area contributed by atoms with Crippen molar-refractivity contribution in [2.45, 2.75) is 39.7 Å². The van der Waals surface area contributed by atoms with Crippen molar-refractivity contribution in [3.05, 3.63) is 35.7 Å². The number of rotatable bonds is 6. The van der Waals surface area contributed by atoms with Crippen molar-refractivity contribution in [1.82, 2.24) is 15.5 Å². The van der Waals surface area contributed by atoms with Gasteiger partial charge in [-0.2, -0.15) is 4.98 Å². The van der Waals surface area contributed by atoms with Crippen LogP contribution in [0.25, 0.3) is 11.4 Å². The zero-order valence-corrected chi connectivity index (χ0v) is 12.7. The Kier molecular flexibility index (Phi) is 4.90. The lowest BCUT2D eigenvalue weighted by atomic mass is 10.0. The summed E-state index contributed by atoms with van der Waals surface area (Å²) >= 11 is 0. The highest BCUT2D eigenvalue weighted by atomic mass is 16.5. The summed E-state index contributed by atoms with van der Waals surface area (Å²) in [5.74, 6) is 2.02. The van der Waals surface area contributed by atoms with Gasteiger partial charge in [0, 0.05) is 18.0 Å². The average molecular weight is 273 g/mol. The second-order valence-corrected chi connectivity index (χ2v) is 5.65. The molecule has 1 unspecified atom stereocenters. The quantitative estimate of drug-likeness (QED) is 0.878. The fourth-order valence-electron chi connectivity index (χ4n) is 2.35. The van der Waals surface area contributed by atoms with Crippen molar-refractivity contribution < 1.29 is 4.52 Å². The van der Waals surface area contributed by atoms with Crippen LogP contribution in [0, 0.1) is 12.8 Å². The van der Waals surface area contributed by atoms with Gasteiger partial charge in [-0.3, -0.25) is 0 Å². The Bertz CT molecular complexity index is 548. The van der Waals surface area contributed by atoms with Crippen molar-refractivity contribution in [1.29, 1.82) is 0 Å². The maximum absolute atomic E-state index is 5.39. The number of benzene rings is 1. The van der Waals surface area contributed by atoms with Gasteiger partial charge in [-0.05, 0) is 31.9 Å². The third-order valence-electron chi connectivity index (χ3n) is 3.44. The maximum Gasteiger partial charge on any atom is 0.228 e. The molecular formula is C16H23N3O. The van der Waals surface area contributed by atoms with Gasteiger partial charge in [0.15, 0.2) is 0 Å². The molecule has 0 aliphatic heterocycles. The molecule has 1 aromatic heterocycles. The molecule has 1 aromatic carbocycles. The van der Waals surface area contributed by atoms with E-state index in [1.807, 2.05) is 25.2 Å². The van der Waals surface area contributed by atoms with E-state index < -0.39 is 0 Å². The van der Waals surface area contributed by atoms with Gasteiger partial charge in [0.25, 0.3) is 0 Å². The maximum atomic E-state index is 5.39. The van der Waals surface area contributed by atoms with Crippen LogP contribution in [-0.4, -0.2) is 23.2 Å². The minimum absolute atomic E-state index is 0.375. The van der Waals surface area contributed by atoms with Gasteiger partial charge in [0.1, 0.15) is 0 Å². The summed E-state index contributed by atoms with van der Waals surface area (Å²) in [7, 11) is 1.98. The number of likely N-dealkylation sites (N-methyl/N-ethyl adjacent to an activating group) is 1. The van der Waals surface area contributed by atoms with Crippen LogP contribution >= 0.6 is 0 Å². The average Bonchev–Trinajstić information content (AvgIpc) is 2.86. The van der Waals surface area contributed by atoms with Gasteiger partial charge >= 0.3 is 0 Å².